The molecule has 1 atom stereocenters. The first-order valence-corrected chi connectivity index (χ1v) is 5.93. The summed E-state index contributed by atoms with van der Waals surface area (Å²) in [4.78, 5) is 0. The van der Waals surface area contributed by atoms with E-state index < -0.39 is 11.6 Å². The number of benzene rings is 2. The molecular weight excluding hydrogens is 248 g/mol. The highest BCUT2D eigenvalue weighted by Crippen LogP contribution is 2.20. The van der Waals surface area contributed by atoms with Crippen LogP contribution in [0.2, 0.25) is 0 Å². The van der Waals surface area contributed by atoms with Gasteiger partial charge in [-0.25, -0.2) is 8.78 Å². The molecule has 0 heterocycles. The van der Waals surface area contributed by atoms with Gasteiger partial charge in [0.25, 0.3) is 0 Å². The standard InChI is InChI=1S/C15H15F2NO/c1-19-12-5-2-10(3-6-12)8-15(18)11-4-7-13(16)14(17)9-11/h2-7,9,15H,8,18H2,1H3. The van der Waals surface area contributed by atoms with E-state index in [0.29, 0.717) is 12.0 Å². The predicted octanol–water partition coefficient (Wildman–Crippen LogP) is 3.22. The third-order valence-corrected chi connectivity index (χ3v) is 2.99. The van der Waals surface area contributed by atoms with Crippen LogP contribution in [0.1, 0.15) is 17.2 Å². The third-order valence-electron chi connectivity index (χ3n) is 2.99. The molecule has 100 valence electrons. The maximum Gasteiger partial charge on any atom is 0.159 e. The summed E-state index contributed by atoms with van der Waals surface area (Å²) >= 11 is 0. The smallest absolute Gasteiger partial charge is 0.159 e. The summed E-state index contributed by atoms with van der Waals surface area (Å²) in [5.41, 5.74) is 7.59. The Morgan fingerprint density at radius 1 is 1.05 bits per heavy atom. The van der Waals surface area contributed by atoms with Crippen LogP contribution in [0.3, 0.4) is 0 Å². The molecule has 0 saturated carbocycles. The van der Waals surface area contributed by atoms with Crippen molar-refractivity contribution in [1.82, 2.24) is 0 Å². The molecule has 2 N–H and O–H groups in total. The Morgan fingerprint density at radius 2 is 1.74 bits per heavy atom. The largest absolute Gasteiger partial charge is 0.497 e. The van der Waals surface area contributed by atoms with Crippen molar-refractivity contribution in [3.63, 3.8) is 0 Å². The minimum atomic E-state index is -0.873. The van der Waals surface area contributed by atoms with Gasteiger partial charge in [0, 0.05) is 6.04 Å². The highest BCUT2D eigenvalue weighted by molar-refractivity contribution is 5.29. The summed E-state index contributed by atoms with van der Waals surface area (Å²) in [6.07, 6.45) is 0.551. The molecule has 0 aromatic heterocycles. The van der Waals surface area contributed by atoms with Gasteiger partial charge in [-0.05, 0) is 41.8 Å². The predicted molar refractivity (Wildman–Crippen MR) is 70.0 cm³/mol. The molecule has 4 heteroatoms. The number of rotatable bonds is 4. The summed E-state index contributed by atoms with van der Waals surface area (Å²) in [7, 11) is 1.60. The number of halogens is 2. The Bertz CT molecular complexity index is 555. The van der Waals surface area contributed by atoms with Crippen molar-refractivity contribution in [3.05, 3.63) is 65.2 Å². The fourth-order valence-electron chi connectivity index (χ4n) is 1.88. The second-order valence-corrected chi connectivity index (χ2v) is 4.33. The Hall–Kier alpha value is -1.94. The molecule has 2 rings (SSSR count). The van der Waals surface area contributed by atoms with Crippen LogP contribution < -0.4 is 10.5 Å². The lowest BCUT2D eigenvalue weighted by atomic mass is 9.99. The topological polar surface area (TPSA) is 35.2 Å². The Kier molecular flexibility index (Phi) is 4.12. The van der Waals surface area contributed by atoms with E-state index in [0.717, 1.165) is 23.4 Å². The lowest BCUT2D eigenvalue weighted by molar-refractivity contribution is 0.414. The first-order chi connectivity index (χ1) is 9.10. The van der Waals surface area contributed by atoms with Gasteiger partial charge < -0.3 is 10.5 Å². The molecular formula is C15H15F2NO. The molecule has 0 aliphatic carbocycles. The van der Waals surface area contributed by atoms with E-state index in [2.05, 4.69) is 0 Å². The third kappa shape index (κ3) is 3.29. The van der Waals surface area contributed by atoms with Gasteiger partial charge in [0.15, 0.2) is 11.6 Å². The van der Waals surface area contributed by atoms with Gasteiger partial charge in [-0.2, -0.15) is 0 Å². The average Bonchev–Trinajstić information content (AvgIpc) is 2.42. The first kappa shape index (κ1) is 13.5. The van der Waals surface area contributed by atoms with Crippen LogP contribution in [-0.2, 0) is 6.42 Å². The van der Waals surface area contributed by atoms with Gasteiger partial charge in [-0.15, -0.1) is 0 Å². The number of ether oxygens (including phenoxy) is 1. The van der Waals surface area contributed by atoms with E-state index in [-0.39, 0.29) is 6.04 Å². The zero-order chi connectivity index (χ0) is 13.8. The fraction of sp³-hybridized carbons (Fsp3) is 0.200. The number of hydrogen-bond donors (Lipinski definition) is 1. The van der Waals surface area contributed by atoms with Gasteiger partial charge in [0.1, 0.15) is 5.75 Å². The summed E-state index contributed by atoms with van der Waals surface area (Å²) in [5, 5.41) is 0. The minimum absolute atomic E-state index is 0.372. The van der Waals surface area contributed by atoms with Gasteiger partial charge in [0.05, 0.1) is 7.11 Å². The molecule has 0 fully saturated rings. The second kappa shape index (κ2) is 5.80. The molecule has 0 amide bonds. The van der Waals surface area contributed by atoms with Gasteiger partial charge in [0.2, 0.25) is 0 Å². The molecule has 19 heavy (non-hydrogen) atoms. The summed E-state index contributed by atoms with van der Waals surface area (Å²) < 4.78 is 31.0. The molecule has 2 aromatic carbocycles. The van der Waals surface area contributed by atoms with Crippen LogP contribution in [0.4, 0.5) is 8.78 Å². The van der Waals surface area contributed by atoms with Gasteiger partial charge in [-0.1, -0.05) is 18.2 Å². The monoisotopic (exact) mass is 263 g/mol. The fourth-order valence-corrected chi connectivity index (χ4v) is 1.88. The summed E-state index contributed by atoms with van der Waals surface area (Å²) in [6.45, 7) is 0. The SMILES string of the molecule is COc1ccc(CC(N)c2ccc(F)c(F)c2)cc1. The molecule has 2 aromatic rings. The molecule has 0 saturated heterocycles. The molecule has 0 bridgehead atoms. The number of nitrogens with two attached hydrogens (primary N) is 1. The van der Waals surface area contributed by atoms with E-state index in [1.165, 1.54) is 6.07 Å². The Balaban J connectivity index is 2.10. The van der Waals surface area contributed by atoms with E-state index in [9.17, 15) is 8.78 Å². The van der Waals surface area contributed by atoms with Crippen molar-refractivity contribution in [2.75, 3.05) is 7.11 Å². The van der Waals surface area contributed by atoms with Crippen molar-refractivity contribution in [3.8, 4) is 5.75 Å². The van der Waals surface area contributed by atoms with Crippen molar-refractivity contribution in [2.45, 2.75) is 12.5 Å². The second-order valence-electron chi connectivity index (χ2n) is 4.33. The first-order valence-electron chi connectivity index (χ1n) is 5.93. The number of methoxy groups -OCH3 is 1. The molecule has 0 aliphatic heterocycles. The Morgan fingerprint density at radius 3 is 2.32 bits per heavy atom. The van der Waals surface area contributed by atoms with Crippen molar-refractivity contribution < 1.29 is 13.5 Å². The van der Waals surface area contributed by atoms with Crippen molar-refractivity contribution in [1.29, 1.82) is 0 Å². The maximum absolute atomic E-state index is 13.1. The molecule has 0 radical (unpaired) electrons. The van der Waals surface area contributed by atoms with Crippen LogP contribution in [0.15, 0.2) is 42.5 Å². The quantitative estimate of drug-likeness (QED) is 0.919. The minimum Gasteiger partial charge on any atom is -0.497 e. The maximum atomic E-state index is 13.1. The summed E-state index contributed by atoms with van der Waals surface area (Å²) in [5.74, 6) is -0.965. The highest BCUT2D eigenvalue weighted by atomic mass is 19.2. The van der Waals surface area contributed by atoms with Crippen LogP contribution in [0.5, 0.6) is 5.75 Å². The van der Waals surface area contributed by atoms with Crippen LogP contribution in [-0.4, -0.2) is 7.11 Å². The Labute approximate surface area is 110 Å². The lowest BCUT2D eigenvalue weighted by Gasteiger charge is -2.12. The molecule has 0 spiro atoms. The summed E-state index contributed by atoms with van der Waals surface area (Å²) in [6, 6.07) is 10.9. The average molecular weight is 263 g/mol. The molecule has 2 nitrogen and oxygen atoms in total. The zero-order valence-electron chi connectivity index (χ0n) is 10.6. The molecule has 0 aliphatic rings. The van der Waals surface area contributed by atoms with Gasteiger partial charge in [-0.3, -0.25) is 0 Å². The van der Waals surface area contributed by atoms with E-state index in [1.54, 1.807) is 7.11 Å². The van der Waals surface area contributed by atoms with Crippen LogP contribution in [0.25, 0.3) is 0 Å². The van der Waals surface area contributed by atoms with Crippen molar-refractivity contribution >= 4 is 0 Å². The van der Waals surface area contributed by atoms with Crippen LogP contribution >= 0.6 is 0 Å². The zero-order valence-corrected chi connectivity index (χ0v) is 10.6. The van der Waals surface area contributed by atoms with Crippen molar-refractivity contribution in [2.24, 2.45) is 5.73 Å². The number of hydrogen-bond acceptors (Lipinski definition) is 2. The molecule has 1 unspecified atom stereocenters. The van der Waals surface area contributed by atoms with Gasteiger partial charge >= 0.3 is 0 Å². The normalized spacial score (nSPS) is 12.2. The van der Waals surface area contributed by atoms with E-state index >= 15 is 0 Å². The lowest BCUT2D eigenvalue weighted by Crippen LogP contribution is -2.13. The van der Waals surface area contributed by atoms with E-state index in [4.69, 9.17) is 10.5 Å². The van der Waals surface area contributed by atoms with Crippen LogP contribution in [0, 0.1) is 11.6 Å². The highest BCUT2D eigenvalue weighted by Gasteiger charge is 2.10. The van der Waals surface area contributed by atoms with E-state index in [1.807, 2.05) is 24.3 Å².